The number of imidazole rings is 1. The molecule has 0 amide bonds. The van der Waals surface area contributed by atoms with Crippen molar-refractivity contribution >= 4 is 5.57 Å². The second kappa shape index (κ2) is 7.12. The van der Waals surface area contributed by atoms with Gasteiger partial charge in [-0.05, 0) is 46.9 Å². The average Bonchev–Trinajstić information content (AvgIpc) is 3.03. The molecule has 0 radical (unpaired) electrons. The summed E-state index contributed by atoms with van der Waals surface area (Å²) in [4.78, 5) is 18.8. The topological polar surface area (TPSA) is 70.9 Å². The van der Waals surface area contributed by atoms with Crippen LogP contribution in [0, 0.1) is 6.92 Å². The van der Waals surface area contributed by atoms with E-state index in [4.69, 9.17) is 0 Å². The third-order valence-electron chi connectivity index (χ3n) is 6.32. The fourth-order valence-electron chi connectivity index (χ4n) is 4.25. The normalized spacial score (nSPS) is 16.2. The van der Waals surface area contributed by atoms with Gasteiger partial charge in [-0.3, -0.25) is 9.55 Å². The first kappa shape index (κ1) is 20.9. The molecular formula is C26H29N3O2. The molecule has 0 spiro atoms. The van der Waals surface area contributed by atoms with E-state index in [2.05, 4.69) is 75.5 Å². The zero-order valence-corrected chi connectivity index (χ0v) is 18.8. The van der Waals surface area contributed by atoms with Crippen molar-refractivity contribution in [2.24, 2.45) is 0 Å². The van der Waals surface area contributed by atoms with Crippen molar-refractivity contribution in [3.05, 3.63) is 99.4 Å². The molecule has 31 heavy (non-hydrogen) atoms. The molecule has 2 heterocycles. The highest BCUT2D eigenvalue weighted by Crippen LogP contribution is 2.43. The number of benzene rings is 1. The molecule has 1 aliphatic carbocycles. The van der Waals surface area contributed by atoms with Gasteiger partial charge in [0.15, 0.2) is 0 Å². The summed E-state index contributed by atoms with van der Waals surface area (Å²) in [6.07, 6.45) is 7.60. The van der Waals surface area contributed by atoms with Crippen LogP contribution in [0.1, 0.15) is 61.2 Å². The molecule has 0 unspecified atom stereocenters. The molecule has 1 aromatic carbocycles. The van der Waals surface area contributed by atoms with Crippen LogP contribution >= 0.6 is 0 Å². The maximum absolute atomic E-state index is 11.8. The van der Waals surface area contributed by atoms with Gasteiger partial charge in [-0.25, -0.2) is 4.79 Å². The summed E-state index contributed by atoms with van der Waals surface area (Å²) in [5.41, 5.74) is 7.04. The fraction of sp³-hybridized carbons (Fsp3) is 0.308. The van der Waals surface area contributed by atoms with Crippen LogP contribution in [-0.4, -0.2) is 19.6 Å². The van der Waals surface area contributed by atoms with Crippen molar-refractivity contribution in [2.75, 3.05) is 0 Å². The van der Waals surface area contributed by atoms with Gasteiger partial charge in [0, 0.05) is 22.6 Å². The minimum atomic E-state index is -0.352. The molecule has 160 valence electrons. The van der Waals surface area contributed by atoms with E-state index < -0.39 is 0 Å². The number of aromatic hydroxyl groups is 1. The summed E-state index contributed by atoms with van der Waals surface area (Å²) >= 11 is 0. The number of hydrogen-bond acceptors (Lipinski definition) is 3. The third kappa shape index (κ3) is 3.65. The van der Waals surface area contributed by atoms with Gasteiger partial charge in [-0.1, -0.05) is 58.6 Å². The number of nitrogens with zero attached hydrogens (tertiary/aromatic N) is 2. The van der Waals surface area contributed by atoms with Crippen molar-refractivity contribution in [1.82, 2.24) is 14.5 Å². The molecule has 0 saturated heterocycles. The van der Waals surface area contributed by atoms with E-state index >= 15 is 0 Å². The number of hydrogen-bond donors (Lipinski definition) is 2. The molecule has 2 aromatic heterocycles. The number of nitrogens with one attached hydrogen (secondary N) is 1. The number of allylic oxidation sites excluding steroid dienone is 2. The second-order valence-electron chi connectivity index (χ2n) is 9.56. The highest BCUT2D eigenvalue weighted by atomic mass is 16.3. The average molecular weight is 416 g/mol. The Bertz CT molecular complexity index is 1250. The zero-order chi connectivity index (χ0) is 22.6. The van der Waals surface area contributed by atoms with Gasteiger partial charge in [0.2, 0.25) is 5.88 Å². The molecule has 5 heteroatoms. The van der Waals surface area contributed by atoms with Crippen LogP contribution in [0.3, 0.4) is 0 Å². The molecule has 3 aromatic rings. The standard InChI is InChI=1S/C26H29N3O2/c1-16-11-20-21(26(5,6)10-9-25(20,3)4)12-19(16)17(2)22-8-7-18(13-27-22)15-29-23(30)14-28-24(29)31/h7-14,30H,2,15H2,1,3-6H3,(H,28,31). The molecule has 0 saturated carbocycles. The van der Waals surface area contributed by atoms with E-state index in [-0.39, 0.29) is 28.9 Å². The van der Waals surface area contributed by atoms with Crippen molar-refractivity contribution in [2.45, 2.75) is 52.0 Å². The Labute approximate surface area is 182 Å². The monoisotopic (exact) mass is 415 g/mol. The SMILES string of the molecule is C=C(c1ccc(Cn2c(O)c[nH]c2=O)cn1)c1cc2c(cc1C)C(C)(C)C=CC2(C)C. The summed E-state index contributed by atoms with van der Waals surface area (Å²) in [5, 5.41) is 9.78. The predicted molar refractivity (Wildman–Crippen MR) is 125 cm³/mol. The van der Waals surface area contributed by atoms with Gasteiger partial charge in [0.05, 0.1) is 18.4 Å². The summed E-state index contributed by atoms with van der Waals surface area (Å²) in [6.45, 7) is 15.7. The molecule has 0 fully saturated rings. The van der Waals surface area contributed by atoms with Crippen LogP contribution in [-0.2, 0) is 17.4 Å². The summed E-state index contributed by atoms with van der Waals surface area (Å²) in [5.74, 6) is -0.0947. The van der Waals surface area contributed by atoms with E-state index in [1.54, 1.807) is 6.20 Å². The number of fused-ring (bicyclic) bond motifs is 1. The lowest BCUT2D eigenvalue weighted by Crippen LogP contribution is -2.29. The predicted octanol–water partition coefficient (Wildman–Crippen LogP) is 4.82. The first-order chi connectivity index (χ1) is 14.5. The van der Waals surface area contributed by atoms with Gasteiger partial charge in [-0.2, -0.15) is 0 Å². The Kier molecular flexibility index (Phi) is 4.80. The van der Waals surface area contributed by atoms with Gasteiger partial charge < -0.3 is 10.1 Å². The Hall–Kier alpha value is -3.34. The highest BCUT2D eigenvalue weighted by Gasteiger charge is 2.33. The number of H-pyrrole nitrogens is 1. The minimum Gasteiger partial charge on any atom is -0.493 e. The number of pyridine rings is 1. The molecule has 0 atom stereocenters. The Morgan fingerprint density at radius 2 is 1.77 bits per heavy atom. The zero-order valence-electron chi connectivity index (χ0n) is 18.8. The van der Waals surface area contributed by atoms with Crippen LogP contribution in [0.25, 0.3) is 5.57 Å². The number of aryl methyl sites for hydroxylation is 1. The van der Waals surface area contributed by atoms with Crippen LogP contribution in [0.4, 0.5) is 0 Å². The fourth-order valence-corrected chi connectivity index (χ4v) is 4.25. The molecule has 0 bridgehead atoms. The van der Waals surface area contributed by atoms with E-state index in [9.17, 15) is 9.90 Å². The molecule has 5 nitrogen and oxygen atoms in total. The number of aromatic nitrogens is 3. The maximum atomic E-state index is 11.8. The van der Waals surface area contributed by atoms with Gasteiger partial charge in [0.25, 0.3) is 0 Å². The molecular weight excluding hydrogens is 386 g/mol. The maximum Gasteiger partial charge on any atom is 0.328 e. The van der Waals surface area contributed by atoms with Crippen LogP contribution in [0.5, 0.6) is 5.88 Å². The van der Waals surface area contributed by atoms with Crippen LogP contribution in [0.2, 0.25) is 0 Å². The lowest BCUT2D eigenvalue weighted by atomic mass is 9.67. The van der Waals surface area contributed by atoms with Crippen LogP contribution in [0.15, 0.2) is 60.2 Å². The second-order valence-corrected chi connectivity index (χ2v) is 9.56. The van der Waals surface area contributed by atoms with Crippen molar-refractivity contribution in [1.29, 1.82) is 0 Å². The summed E-state index contributed by atoms with van der Waals surface area (Å²) < 4.78 is 1.26. The van der Waals surface area contributed by atoms with Crippen LogP contribution < -0.4 is 5.69 Å². The van der Waals surface area contributed by atoms with E-state index in [0.29, 0.717) is 0 Å². The first-order valence-corrected chi connectivity index (χ1v) is 10.5. The largest absolute Gasteiger partial charge is 0.493 e. The molecule has 4 rings (SSSR count). The first-order valence-electron chi connectivity index (χ1n) is 10.5. The Morgan fingerprint density at radius 3 is 2.32 bits per heavy atom. The minimum absolute atomic E-state index is 0.00273. The smallest absolute Gasteiger partial charge is 0.328 e. The van der Waals surface area contributed by atoms with E-state index in [1.165, 1.54) is 27.5 Å². The third-order valence-corrected chi connectivity index (χ3v) is 6.32. The van der Waals surface area contributed by atoms with E-state index in [0.717, 1.165) is 22.4 Å². The van der Waals surface area contributed by atoms with Crippen molar-refractivity contribution in [3.63, 3.8) is 0 Å². The molecule has 2 N–H and O–H groups in total. The number of aromatic amines is 1. The Morgan fingerprint density at radius 1 is 1.13 bits per heavy atom. The molecule has 0 aliphatic heterocycles. The van der Waals surface area contributed by atoms with E-state index in [1.807, 2.05) is 12.1 Å². The summed E-state index contributed by atoms with van der Waals surface area (Å²) in [6, 6.07) is 8.39. The lowest BCUT2D eigenvalue weighted by Gasteiger charge is -2.37. The van der Waals surface area contributed by atoms with Crippen molar-refractivity contribution < 1.29 is 5.11 Å². The van der Waals surface area contributed by atoms with Gasteiger partial charge in [0.1, 0.15) is 0 Å². The number of rotatable bonds is 4. The van der Waals surface area contributed by atoms with Gasteiger partial charge in [-0.15, -0.1) is 0 Å². The summed E-state index contributed by atoms with van der Waals surface area (Å²) in [7, 11) is 0. The molecule has 1 aliphatic rings. The highest BCUT2D eigenvalue weighted by molar-refractivity contribution is 5.79. The Balaban J connectivity index is 1.67. The van der Waals surface area contributed by atoms with Crippen molar-refractivity contribution in [3.8, 4) is 5.88 Å². The van der Waals surface area contributed by atoms with Gasteiger partial charge >= 0.3 is 5.69 Å². The quantitative estimate of drug-likeness (QED) is 0.600. The lowest BCUT2D eigenvalue weighted by molar-refractivity contribution is 0.421.